The molecule has 0 fully saturated rings. The maximum absolute atomic E-state index is 11.2. The van der Waals surface area contributed by atoms with Gasteiger partial charge in [0.1, 0.15) is 12.4 Å². The zero-order chi connectivity index (χ0) is 11.3. The molecular weight excluding hydrogens is 192 g/mol. The van der Waals surface area contributed by atoms with Gasteiger partial charge in [0.05, 0.1) is 6.61 Å². The normalized spacial score (nSPS) is 9.80. The van der Waals surface area contributed by atoms with Crippen molar-refractivity contribution in [1.82, 2.24) is 4.98 Å². The summed E-state index contributed by atoms with van der Waals surface area (Å²) < 4.78 is 4.85. The summed E-state index contributed by atoms with van der Waals surface area (Å²) in [5.74, 6) is 0.538. The highest BCUT2D eigenvalue weighted by atomic mass is 16.5. The molecule has 15 heavy (non-hydrogen) atoms. The summed E-state index contributed by atoms with van der Waals surface area (Å²) in [6, 6.07) is 3.85. The maximum Gasteiger partial charge on any atom is 0.325 e. The number of hydrogen-bond donors (Lipinski definition) is 0. The van der Waals surface area contributed by atoms with Crippen molar-refractivity contribution < 1.29 is 9.53 Å². The van der Waals surface area contributed by atoms with Gasteiger partial charge in [0.25, 0.3) is 0 Å². The molecule has 0 aliphatic rings. The maximum atomic E-state index is 11.2. The number of carbonyl (C=O) groups is 1. The SMILES string of the molecule is CCOC(=O)CN(C)c1ccc(C)cn1. The van der Waals surface area contributed by atoms with Crippen LogP contribution in [-0.2, 0) is 9.53 Å². The number of nitrogens with zero attached hydrogens (tertiary/aromatic N) is 2. The van der Waals surface area contributed by atoms with Gasteiger partial charge in [-0.3, -0.25) is 4.79 Å². The van der Waals surface area contributed by atoms with Gasteiger partial charge in [0.15, 0.2) is 0 Å². The standard InChI is InChI=1S/C11H16N2O2/c1-4-15-11(14)8-13(3)10-6-5-9(2)7-12-10/h5-7H,4,8H2,1-3H3. The number of likely N-dealkylation sites (N-methyl/N-ethyl adjacent to an activating group) is 1. The highest BCUT2D eigenvalue weighted by Crippen LogP contribution is 2.08. The van der Waals surface area contributed by atoms with E-state index in [1.54, 1.807) is 18.0 Å². The smallest absolute Gasteiger partial charge is 0.325 e. The third-order valence-corrected chi connectivity index (χ3v) is 1.96. The predicted molar refractivity (Wildman–Crippen MR) is 58.9 cm³/mol. The minimum Gasteiger partial charge on any atom is -0.465 e. The summed E-state index contributed by atoms with van der Waals surface area (Å²) in [5.41, 5.74) is 1.10. The van der Waals surface area contributed by atoms with Crippen molar-refractivity contribution in [2.75, 3.05) is 25.1 Å². The van der Waals surface area contributed by atoms with Gasteiger partial charge in [-0.25, -0.2) is 4.98 Å². The van der Waals surface area contributed by atoms with E-state index in [0.29, 0.717) is 6.61 Å². The number of carbonyl (C=O) groups excluding carboxylic acids is 1. The van der Waals surface area contributed by atoms with Crippen molar-refractivity contribution in [3.05, 3.63) is 23.9 Å². The van der Waals surface area contributed by atoms with E-state index in [0.717, 1.165) is 11.4 Å². The monoisotopic (exact) mass is 208 g/mol. The third-order valence-electron chi connectivity index (χ3n) is 1.96. The van der Waals surface area contributed by atoms with Crippen LogP contribution in [-0.4, -0.2) is 31.2 Å². The largest absolute Gasteiger partial charge is 0.465 e. The van der Waals surface area contributed by atoms with Crippen molar-refractivity contribution in [1.29, 1.82) is 0 Å². The molecule has 4 nitrogen and oxygen atoms in total. The van der Waals surface area contributed by atoms with Crippen LogP contribution in [0.4, 0.5) is 5.82 Å². The van der Waals surface area contributed by atoms with E-state index in [1.165, 1.54) is 0 Å². The van der Waals surface area contributed by atoms with Crippen LogP contribution in [0.2, 0.25) is 0 Å². The van der Waals surface area contributed by atoms with Gasteiger partial charge in [0.2, 0.25) is 0 Å². The zero-order valence-corrected chi connectivity index (χ0v) is 9.36. The average Bonchev–Trinajstić information content (AvgIpc) is 2.18. The zero-order valence-electron chi connectivity index (χ0n) is 9.36. The second kappa shape index (κ2) is 5.34. The van der Waals surface area contributed by atoms with Crippen LogP contribution in [0.3, 0.4) is 0 Å². The molecule has 1 heterocycles. The van der Waals surface area contributed by atoms with E-state index in [-0.39, 0.29) is 12.5 Å². The average molecular weight is 208 g/mol. The van der Waals surface area contributed by atoms with Crippen LogP contribution in [0.1, 0.15) is 12.5 Å². The Morgan fingerprint density at radius 3 is 2.80 bits per heavy atom. The van der Waals surface area contributed by atoms with E-state index in [9.17, 15) is 4.79 Å². The summed E-state index contributed by atoms with van der Waals surface area (Å²) in [5, 5.41) is 0. The molecule has 0 atom stereocenters. The lowest BCUT2D eigenvalue weighted by molar-refractivity contribution is -0.141. The van der Waals surface area contributed by atoms with Crippen molar-refractivity contribution >= 4 is 11.8 Å². The molecule has 0 spiro atoms. The number of anilines is 1. The third kappa shape index (κ3) is 3.58. The van der Waals surface area contributed by atoms with E-state index in [4.69, 9.17) is 4.74 Å². The lowest BCUT2D eigenvalue weighted by atomic mass is 10.3. The fourth-order valence-corrected chi connectivity index (χ4v) is 1.17. The van der Waals surface area contributed by atoms with Gasteiger partial charge < -0.3 is 9.64 Å². The molecule has 4 heteroatoms. The summed E-state index contributed by atoms with van der Waals surface area (Å²) in [6.45, 7) is 4.40. The van der Waals surface area contributed by atoms with E-state index < -0.39 is 0 Å². The number of ether oxygens (including phenoxy) is 1. The van der Waals surface area contributed by atoms with Crippen LogP contribution in [0.5, 0.6) is 0 Å². The van der Waals surface area contributed by atoms with Gasteiger partial charge in [-0.2, -0.15) is 0 Å². The minimum absolute atomic E-state index is 0.226. The van der Waals surface area contributed by atoms with Crippen LogP contribution >= 0.6 is 0 Å². The lowest BCUT2D eigenvalue weighted by Crippen LogP contribution is -2.27. The molecule has 0 unspecified atom stereocenters. The molecular formula is C11H16N2O2. The van der Waals surface area contributed by atoms with Gasteiger partial charge >= 0.3 is 5.97 Å². The topological polar surface area (TPSA) is 42.4 Å². The first-order valence-corrected chi connectivity index (χ1v) is 4.93. The van der Waals surface area contributed by atoms with Crippen molar-refractivity contribution in [2.45, 2.75) is 13.8 Å². The molecule has 0 aromatic carbocycles. The van der Waals surface area contributed by atoms with Gasteiger partial charge in [-0.15, -0.1) is 0 Å². The fourth-order valence-electron chi connectivity index (χ4n) is 1.17. The van der Waals surface area contributed by atoms with E-state index in [1.807, 2.05) is 26.1 Å². The van der Waals surface area contributed by atoms with Crippen LogP contribution < -0.4 is 4.90 Å². The van der Waals surface area contributed by atoms with Crippen molar-refractivity contribution in [3.63, 3.8) is 0 Å². The number of rotatable bonds is 4. The highest BCUT2D eigenvalue weighted by Gasteiger charge is 2.08. The molecule has 1 aromatic heterocycles. The summed E-state index contributed by atoms with van der Waals surface area (Å²) in [7, 11) is 1.81. The number of aryl methyl sites for hydroxylation is 1. The predicted octanol–water partition coefficient (Wildman–Crippen LogP) is 1.39. The molecule has 0 amide bonds. The first kappa shape index (κ1) is 11.5. The fraction of sp³-hybridized carbons (Fsp3) is 0.455. The Kier molecular flexibility index (Phi) is 4.09. The van der Waals surface area contributed by atoms with Gasteiger partial charge in [0, 0.05) is 13.2 Å². The number of pyridine rings is 1. The van der Waals surface area contributed by atoms with Crippen molar-refractivity contribution in [2.24, 2.45) is 0 Å². The van der Waals surface area contributed by atoms with E-state index >= 15 is 0 Å². The Morgan fingerprint density at radius 1 is 1.53 bits per heavy atom. The minimum atomic E-state index is -0.234. The van der Waals surface area contributed by atoms with Gasteiger partial charge in [-0.05, 0) is 25.5 Å². The molecule has 0 bridgehead atoms. The molecule has 0 aliphatic heterocycles. The second-order valence-corrected chi connectivity index (χ2v) is 3.35. The molecule has 0 aliphatic carbocycles. The van der Waals surface area contributed by atoms with Crippen LogP contribution in [0, 0.1) is 6.92 Å². The molecule has 1 rings (SSSR count). The summed E-state index contributed by atoms with van der Waals surface area (Å²) >= 11 is 0. The molecule has 82 valence electrons. The van der Waals surface area contributed by atoms with E-state index in [2.05, 4.69) is 4.98 Å². The Labute approximate surface area is 89.9 Å². The van der Waals surface area contributed by atoms with Crippen LogP contribution in [0.15, 0.2) is 18.3 Å². The lowest BCUT2D eigenvalue weighted by Gasteiger charge is -2.16. The molecule has 0 radical (unpaired) electrons. The summed E-state index contributed by atoms with van der Waals surface area (Å²) in [4.78, 5) is 17.2. The second-order valence-electron chi connectivity index (χ2n) is 3.35. The summed E-state index contributed by atoms with van der Waals surface area (Å²) in [6.07, 6.45) is 1.77. The number of aromatic nitrogens is 1. The highest BCUT2D eigenvalue weighted by molar-refractivity contribution is 5.75. The first-order valence-electron chi connectivity index (χ1n) is 4.93. The molecule has 0 N–H and O–H groups in total. The Balaban J connectivity index is 2.57. The number of esters is 1. The number of hydrogen-bond acceptors (Lipinski definition) is 4. The Hall–Kier alpha value is -1.58. The molecule has 1 aromatic rings. The Morgan fingerprint density at radius 2 is 2.27 bits per heavy atom. The van der Waals surface area contributed by atoms with Crippen LogP contribution in [0.25, 0.3) is 0 Å². The van der Waals surface area contributed by atoms with Crippen molar-refractivity contribution in [3.8, 4) is 0 Å². The Bertz CT molecular complexity index is 322. The molecule has 0 saturated carbocycles. The van der Waals surface area contributed by atoms with Gasteiger partial charge in [-0.1, -0.05) is 6.07 Å². The molecule has 0 saturated heterocycles. The quantitative estimate of drug-likeness (QED) is 0.701. The first-order chi connectivity index (χ1) is 7.13.